The van der Waals surface area contributed by atoms with E-state index in [0.29, 0.717) is 23.1 Å². The molecule has 1 fully saturated rings. The maximum Gasteiger partial charge on any atom is 0.264 e. The number of amides is 2. The first kappa shape index (κ1) is 32.7. The molecule has 0 unspecified atom stereocenters. The van der Waals surface area contributed by atoms with Crippen molar-refractivity contribution in [2.75, 3.05) is 23.7 Å². The average molecular weight is 644 g/mol. The summed E-state index contributed by atoms with van der Waals surface area (Å²) in [5, 5.41) is 3.63. The van der Waals surface area contributed by atoms with E-state index in [2.05, 4.69) is 5.32 Å². The lowest BCUT2D eigenvalue weighted by molar-refractivity contribution is -0.139. The van der Waals surface area contributed by atoms with E-state index in [1.807, 2.05) is 13.2 Å². The molecule has 8 nitrogen and oxygen atoms in total. The van der Waals surface area contributed by atoms with Crippen molar-refractivity contribution in [1.29, 1.82) is 0 Å². The monoisotopic (exact) mass is 643 g/mol. The number of nitrogens with zero attached hydrogens (tertiary/aromatic N) is 2. The van der Waals surface area contributed by atoms with Gasteiger partial charge < -0.3 is 15.0 Å². The van der Waals surface area contributed by atoms with Crippen LogP contribution in [0.1, 0.15) is 45.1 Å². The first-order valence-corrected chi connectivity index (χ1v) is 17.4. The smallest absolute Gasteiger partial charge is 0.264 e. The molecule has 11 heteroatoms. The summed E-state index contributed by atoms with van der Waals surface area (Å²) in [5.41, 5.74) is 1.07. The van der Waals surface area contributed by atoms with Crippen LogP contribution in [0.2, 0.25) is 5.02 Å². The van der Waals surface area contributed by atoms with Gasteiger partial charge in [0.25, 0.3) is 10.0 Å². The SMILES string of the molecule is CCOc1ccc(N(CC(=O)N(Cc2ccc(Cl)cc2)[C@H](C)C(=O)NC2CCCC2)S(=O)(=O)c2ccc(SC)cc2)cc1. The molecule has 4 rings (SSSR count). The summed E-state index contributed by atoms with van der Waals surface area (Å²) in [6.07, 6.45) is 5.83. The van der Waals surface area contributed by atoms with E-state index < -0.39 is 28.5 Å². The molecular formula is C32H38ClN3O5S2. The van der Waals surface area contributed by atoms with Crippen molar-refractivity contribution in [1.82, 2.24) is 10.2 Å². The minimum atomic E-state index is -4.16. The molecule has 1 saturated carbocycles. The number of sulfonamides is 1. The number of hydrogen-bond acceptors (Lipinski definition) is 6. The van der Waals surface area contributed by atoms with Crippen LogP contribution in [0.5, 0.6) is 5.75 Å². The number of nitrogens with one attached hydrogen (secondary N) is 1. The predicted molar refractivity (Wildman–Crippen MR) is 172 cm³/mol. The number of anilines is 1. The van der Waals surface area contributed by atoms with Crippen LogP contribution in [0.3, 0.4) is 0 Å². The molecule has 1 N–H and O–H groups in total. The van der Waals surface area contributed by atoms with Gasteiger partial charge in [0.1, 0.15) is 18.3 Å². The fraction of sp³-hybridized carbons (Fsp3) is 0.375. The Labute approximate surface area is 263 Å². The van der Waals surface area contributed by atoms with Crippen LogP contribution in [0, 0.1) is 0 Å². The van der Waals surface area contributed by atoms with Gasteiger partial charge in [0.05, 0.1) is 17.2 Å². The van der Waals surface area contributed by atoms with E-state index >= 15 is 0 Å². The Balaban J connectivity index is 1.68. The maximum atomic E-state index is 14.1. The number of carbonyl (C=O) groups excluding carboxylic acids is 2. The lowest BCUT2D eigenvalue weighted by Crippen LogP contribution is -2.52. The molecule has 1 aliphatic carbocycles. The van der Waals surface area contributed by atoms with Gasteiger partial charge in [-0.1, -0.05) is 36.6 Å². The molecule has 0 bridgehead atoms. The standard InChI is InChI=1S/C32H38ClN3O5S2/c1-4-41-28-15-13-27(14-16-28)36(43(39,40)30-19-17-29(42-3)18-20-30)22-31(37)35(21-24-9-11-25(33)12-10-24)23(2)32(38)34-26-7-5-6-8-26/h9-20,23,26H,4-8,21-22H2,1-3H3,(H,34,38)/t23-/m1/s1. The second-order valence-electron chi connectivity index (χ2n) is 10.4. The lowest BCUT2D eigenvalue weighted by atomic mass is 10.1. The Bertz CT molecular complexity index is 1480. The van der Waals surface area contributed by atoms with E-state index in [1.165, 1.54) is 28.8 Å². The number of carbonyl (C=O) groups is 2. The van der Waals surface area contributed by atoms with E-state index in [1.54, 1.807) is 67.6 Å². The highest BCUT2D eigenvalue weighted by atomic mass is 35.5. The van der Waals surface area contributed by atoms with Crippen LogP contribution in [0.15, 0.2) is 82.6 Å². The number of halogens is 1. The Morgan fingerprint density at radius 3 is 2.21 bits per heavy atom. The Hall–Kier alpha value is -3.21. The predicted octanol–water partition coefficient (Wildman–Crippen LogP) is 6.13. The summed E-state index contributed by atoms with van der Waals surface area (Å²) in [5.74, 6) is -0.194. The van der Waals surface area contributed by atoms with Crippen molar-refractivity contribution >= 4 is 50.9 Å². The number of rotatable bonds is 13. The van der Waals surface area contributed by atoms with Gasteiger partial charge in [-0.3, -0.25) is 13.9 Å². The number of ether oxygens (including phenoxy) is 1. The van der Waals surface area contributed by atoms with Crippen LogP contribution in [0.25, 0.3) is 0 Å². The summed E-state index contributed by atoms with van der Waals surface area (Å²) >= 11 is 7.59. The van der Waals surface area contributed by atoms with Gasteiger partial charge in [-0.15, -0.1) is 11.8 Å². The van der Waals surface area contributed by atoms with Gasteiger partial charge in [0.2, 0.25) is 11.8 Å². The zero-order chi connectivity index (χ0) is 31.0. The van der Waals surface area contributed by atoms with Crippen molar-refractivity contribution in [2.45, 2.75) is 68.0 Å². The third-order valence-electron chi connectivity index (χ3n) is 7.50. The highest BCUT2D eigenvalue weighted by molar-refractivity contribution is 7.98. The summed E-state index contributed by atoms with van der Waals surface area (Å²) in [6.45, 7) is 3.60. The first-order valence-electron chi connectivity index (χ1n) is 14.4. The van der Waals surface area contributed by atoms with Crippen LogP contribution in [-0.2, 0) is 26.2 Å². The summed E-state index contributed by atoms with van der Waals surface area (Å²) in [4.78, 5) is 29.9. The highest BCUT2D eigenvalue weighted by Gasteiger charge is 2.33. The Morgan fingerprint density at radius 2 is 1.63 bits per heavy atom. The van der Waals surface area contributed by atoms with Crippen LogP contribution < -0.4 is 14.4 Å². The van der Waals surface area contributed by atoms with Crippen molar-refractivity contribution in [3.63, 3.8) is 0 Å². The molecule has 0 heterocycles. The molecule has 2 amide bonds. The first-order chi connectivity index (χ1) is 20.6. The van der Waals surface area contributed by atoms with E-state index in [9.17, 15) is 18.0 Å². The van der Waals surface area contributed by atoms with Gasteiger partial charge in [-0.2, -0.15) is 0 Å². The summed E-state index contributed by atoms with van der Waals surface area (Å²) in [7, 11) is -4.16. The Kier molecular flexibility index (Phi) is 11.4. The third kappa shape index (κ3) is 8.46. The minimum Gasteiger partial charge on any atom is -0.494 e. The van der Waals surface area contributed by atoms with E-state index in [4.69, 9.17) is 16.3 Å². The lowest BCUT2D eigenvalue weighted by Gasteiger charge is -2.32. The number of benzene rings is 3. The summed E-state index contributed by atoms with van der Waals surface area (Å²) in [6, 6.07) is 19.4. The van der Waals surface area contributed by atoms with Crippen LogP contribution in [-0.4, -0.2) is 56.6 Å². The number of thioether (sulfide) groups is 1. The molecule has 230 valence electrons. The molecular weight excluding hydrogens is 606 g/mol. The van der Waals surface area contributed by atoms with Gasteiger partial charge in [0, 0.05) is 22.5 Å². The molecule has 0 spiro atoms. The molecule has 0 radical (unpaired) electrons. The van der Waals surface area contributed by atoms with Gasteiger partial charge in [0.15, 0.2) is 0 Å². The quantitative estimate of drug-likeness (QED) is 0.225. The normalized spacial score (nSPS) is 14.2. The van der Waals surface area contributed by atoms with E-state index in [-0.39, 0.29) is 23.4 Å². The zero-order valence-electron chi connectivity index (χ0n) is 24.7. The van der Waals surface area contributed by atoms with E-state index in [0.717, 1.165) is 40.4 Å². The second-order valence-corrected chi connectivity index (χ2v) is 13.6. The Morgan fingerprint density at radius 1 is 1.00 bits per heavy atom. The third-order valence-corrected chi connectivity index (χ3v) is 10.3. The average Bonchev–Trinajstić information content (AvgIpc) is 3.53. The zero-order valence-corrected chi connectivity index (χ0v) is 27.1. The molecule has 0 aliphatic heterocycles. The van der Waals surface area contributed by atoms with Gasteiger partial charge >= 0.3 is 0 Å². The van der Waals surface area contributed by atoms with Gasteiger partial charge in [-0.25, -0.2) is 8.42 Å². The van der Waals surface area contributed by atoms with Crippen molar-refractivity contribution < 1.29 is 22.7 Å². The highest BCUT2D eigenvalue weighted by Crippen LogP contribution is 2.28. The maximum absolute atomic E-state index is 14.1. The molecule has 1 atom stereocenters. The fourth-order valence-corrected chi connectivity index (χ4v) is 6.99. The molecule has 43 heavy (non-hydrogen) atoms. The summed E-state index contributed by atoms with van der Waals surface area (Å²) < 4.78 is 34.7. The molecule has 3 aromatic carbocycles. The second kappa shape index (κ2) is 15.0. The molecule has 1 aliphatic rings. The largest absolute Gasteiger partial charge is 0.494 e. The molecule has 3 aromatic rings. The van der Waals surface area contributed by atoms with Crippen molar-refractivity contribution in [2.24, 2.45) is 0 Å². The molecule has 0 aromatic heterocycles. The van der Waals surface area contributed by atoms with Crippen molar-refractivity contribution in [3.05, 3.63) is 83.4 Å². The van der Waals surface area contributed by atoms with Crippen LogP contribution in [0.4, 0.5) is 5.69 Å². The van der Waals surface area contributed by atoms with Gasteiger partial charge in [-0.05, 0) is 99.2 Å². The molecule has 0 saturated heterocycles. The number of hydrogen-bond donors (Lipinski definition) is 1. The van der Waals surface area contributed by atoms with Crippen molar-refractivity contribution in [3.8, 4) is 5.75 Å². The minimum absolute atomic E-state index is 0.0586. The van der Waals surface area contributed by atoms with Crippen LogP contribution >= 0.6 is 23.4 Å². The fourth-order valence-electron chi connectivity index (χ4n) is 5.04. The topological polar surface area (TPSA) is 96.0 Å².